The van der Waals surface area contributed by atoms with E-state index in [0.29, 0.717) is 26.3 Å². The van der Waals surface area contributed by atoms with E-state index in [4.69, 9.17) is 38.7 Å². The molecule has 0 fully saturated rings. The van der Waals surface area contributed by atoms with Gasteiger partial charge in [0.2, 0.25) is 12.7 Å². The number of aromatic nitrogens is 2. The molecule has 0 radical (unpaired) electrons. The van der Waals surface area contributed by atoms with Gasteiger partial charge in [-0.05, 0) is 41.5 Å². The summed E-state index contributed by atoms with van der Waals surface area (Å²) < 4.78 is 24.3. The van der Waals surface area contributed by atoms with Crippen molar-refractivity contribution in [1.29, 1.82) is 0 Å². The van der Waals surface area contributed by atoms with Crippen molar-refractivity contribution in [3.63, 3.8) is 0 Å². The molecule has 4 aromatic rings. The van der Waals surface area contributed by atoms with E-state index < -0.39 is 11.9 Å². The number of carboxylic acid groups (broad SMARTS) is 2. The third-order valence-corrected chi connectivity index (χ3v) is 5.85. The summed E-state index contributed by atoms with van der Waals surface area (Å²) in [6.07, 6.45) is 1.87. The predicted octanol–water partition coefficient (Wildman–Crippen LogP) is 4.27. The summed E-state index contributed by atoms with van der Waals surface area (Å²) in [4.78, 5) is 22.8. The maximum Gasteiger partial charge on any atom is 0.414 e. The summed E-state index contributed by atoms with van der Waals surface area (Å²) in [5, 5.41) is 18.2. The first kappa shape index (κ1) is 28.0. The van der Waals surface area contributed by atoms with Crippen LogP contribution in [0.2, 0.25) is 0 Å². The summed E-state index contributed by atoms with van der Waals surface area (Å²) in [5.74, 6) is -0.499. The lowest BCUT2D eigenvalue weighted by atomic mass is 10.1. The molecular formula is C29H29N3O8. The van der Waals surface area contributed by atoms with E-state index >= 15 is 0 Å². The number of aliphatic carboxylic acids is 2. The zero-order chi connectivity index (χ0) is 28.3. The highest BCUT2D eigenvalue weighted by Crippen LogP contribution is 2.36. The number of imidazole rings is 1. The van der Waals surface area contributed by atoms with Gasteiger partial charge in [-0.25, -0.2) is 14.6 Å². The number of carboxylic acids is 2. The lowest BCUT2D eigenvalue weighted by Crippen LogP contribution is -2.11. The van der Waals surface area contributed by atoms with E-state index in [2.05, 4.69) is 39.1 Å². The van der Waals surface area contributed by atoms with Crippen molar-refractivity contribution in [2.45, 2.75) is 19.7 Å². The minimum Gasteiger partial charge on any atom is -0.489 e. The summed E-state index contributed by atoms with van der Waals surface area (Å²) in [6, 6.07) is 24.2. The molecule has 3 aromatic carbocycles. The fraction of sp³-hybridized carbons (Fsp3) is 0.207. The quantitative estimate of drug-likeness (QED) is 0.246. The molecule has 2 heterocycles. The van der Waals surface area contributed by atoms with Crippen molar-refractivity contribution in [2.75, 3.05) is 25.8 Å². The van der Waals surface area contributed by atoms with Crippen LogP contribution in [0.5, 0.6) is 17.2 Å². The Morgan fingerprint density at radius 2 is 1.68 bits per heavy atom. The van der Waals surface area contributed by atoms with Gasteiger partial charge in [0.1, 0.15) is 12.4 Å². The Labute approximate surface area is 230 Å². The van der Waals surface area contributed by atoms with E-state index in [0.717, 1.165) is 45.6 Å². The summed E-state index contributed by atoms with van der Waals surface area (Å²) >= 11 is 0. The van der Waals surface area contributed by atoms with Crippen molar-refractivity contribution < 1.29 is 38.7 Å². The largest absolute Gasteiger partial charge is 0.489 e. The Bertz CT molecular complexity index is 1410. The van der Waals surface area contributed by atoms with Crippen molar-refractivity contribution >= 4 is 17.9 Å². The predicted molar refractivity (Wildman–Crippen MR) is 145 cm³/mol. The molecule has 1 aromatic heterocycles. The topological polar surface area (TPSA) is 141 Å². The van der Waals surface area contributed by atoms with Crippen molar-refractivity contribution in [3.05, 3.63) is 90.1 Å². The number of hydrogen-bond acceptors (Lipinski definition) is 8. The molecule has 0 unspecified atom stereocenters. The normalized spacial score (nSPS) is 11.3. The van der Waals surface area contributed by atoms with E-state index in [1.54, 1.807) is 7.11 Å². The fourth-order valence-electron chi connectivity index (χ4n) is 3.84. The molecule has 3 N–H and O–H groups in total. The zero-order valence-corrected chi connectivity index (χ0v) is 21.8. The lowest BCUT2D eigenvalue weighted by Gasteiger charge is -2.14. The van der Waals surface area contributed by atoms with Crippen molar-refractivity contribution in [2.24, 2.45) is 0 Å². The highest BCUT2D eigenvalue weighted by molar-refractivity contribution is 6.27. The van der Waals surface area contributed by atoms with Crippen LogP contribution in [0.15, 0.2) is 79.0 Å². The molecule has 0 bridgehead atoms. The lowest BCUT2D eigenvalue weighted by molar-refractivity contribution is -0.159. The van der Waals surface area contributed by atoms with Crippen molar-refractivity contribution in [1.82, 2.24) is 9.55 Å². The van der Waals surface area contributed by atoms with Crippen LogP contribution in [0.4, 0.5) is 5.95 Å². The van der Waals surface area contributed by atoms with Gasteiger partial charge in [-0.3, -0.25) is 0 Å². The number of anilines is 1. The van der Waals surface area contributed by atoms with E-state index in [1.807, 2.05) is 54.7 Å². The fourth-order valence-corrected chi connectivity index (χ4v) is 3.84. The first-order valence-electron chi connectivity index (χ1n) is 12.3. The third-order valence-electron chi connectivity index (χ3n) is 5.85. The van der Waals surface area contributed by atoms with Crippen LogP contribution in [0, 0.1) is 0 Å². The maximum atomic E-state index is 9.10. The molecule has 0 amide bonds. The Balaban J connectivity index is 0.000000557. The van der Waals surface area contributed by atoms with Crippen LogP contribution in [0.25, 0.3) is 11.3 Å². The zero-order valence-electron chi connectivity index (χ0n) is 21.8. The Kier molecular flexibility index (Phi) is 9.57. The number of nitrogens with zero attached hydrogens (tertiary/aromatic N) is 2. The van der Waals surface area contributed by atoms with Gasteiger partial charge < -0.3 is 39.0 Å². The monoisotopic (exact) mass is 547 g/mol. The number of benzene rings is 3. The smallest absolute Gasteiger partial charge is 0.414 e. The molecule has 0 spiro atoms. The first-order chi connectivity index (χ1) is 19.4. The standard InChI is InChI=1S/C27H27N3O4.C2H2O4/c1-31-14-13-30-24(22-9-12-25-26(15-22)34-19-33-25)17-29-27(30)28-16-20-7-10-23(11-8-20)32-18-21-5-3-2-4-6-21;3-1(4)2(5)6/h2-12,15,17H,13-14,16,18-19H2,1H3,(H,28,29);(H,3,4)(H,5,6). The van der Waals surface area contributed by atoms with E-state index in [9.17, 15) is 0 Å². The average Bonchev–Trinajstić information content (AvgIpc) is 3.61. The highest BCUT2D eigenvalue weighted by atomic mass is 16.7. The molecule has 1 aliphatic heterocycles. The van der Waals surface area contributed by atoms with Gasteiger partial charge in [0, 0.05) is 25.8 Å². The number of nitrogens with one attached hydrogen (secondary N) is 1. The SMILES string of the molecule is COCCn1c(-c2ccc3c(c2)OCO3)cnc1NCc1ccc(OCc2ccccc2)cc1.O=C(O)C(=O)O. The summed E-state index contributed by atoms with van der Waals surface area (Å²) in [6.45, 7) is 2.71. The Morgan fingerprint density at radius 3 is 2.38 bits per heavy atom. The molecule has 0 saturated heterocycles. The minimum absolute atomic E-state index is 0.255. The molecule has 0 saturated carbocycles. The summed E-state index contributed by atoms with van der Waals surface area (Å²) in [5.41, 5.74) is 4.29. The number of ether oxygens (including phenoxy) is 4. The van der Waals surface area contributed by atoms with E-state index in [1.165, 1.54) is 0 Å². The van der Waals surface area contributed by atoms with Gasteiger partial charge in [0.15, 0.2) is 11.5 Å². The number of methoxy groups -OCH3 is 1. The minimum atomic E-state index is -1.82. The molecule has 208 valence electrons. The number of fused-ring (bicyclic) bond motifs is 1. The molecule has 0 atom stereocenters. The second-order valence-corrected chi connectivity index (χ2v) is 8.56. The Morgan fingerprint density at radius 1 is 0.950 bits per heavy atom. The first-order valence-corrected chi connectivity index (χ1v) is 12.3. The molecule has 40 heavy (non-hydrogen) atoms. The molecule has 5 rings (SSSR count). The third kappa shape index (κ3) is 7.51. The van der Waals surface area contributed by atoms with Gasteiger partial charge in [0.05, 0.1) is 18.5 Å². The average molecular weight is 548 g/mol. The van der Waals surface area contributed by atoms with Gasteiger partial charge in [0.25, 0.3) is 0 Å². The van der Waals surface area contributed by atoms with Gasteiger partial charge in [-0.15, -0.1) is 0 Å². The van der Waals surface area contributed by atoms with Crippen LogP contribution in [-0.2, 0) is 34.0 Å². The number of hydrogen-bond donors (Lipinski definition) is 3. The number of rotatable bonds is 10. The molecule has 11 nitrogen and oxygen atoms in total. The Hall–Kier alpha value is -5.03. The number of carbonyl (C=O) groups is 2. The van der Waals surface area contributed by atoms with E-state index in [-0.39, 0.29) is 6.79 Å². The maximum absolute atomic E-state index is 9.10. The van der Waals surface area contributed by atoms with Crippen molar-refractivity contribution in [3.8, 4) is 28.5 Å². The molecule has 0 aliphatic carbocycles. The van der Waals surface area contributed by atoms with Gasteiger partial charge in [-0.1, -0.05) is 42.5 Å². The van der Waals surface area contributed by atoms with Crippen LogP contribution in [-0.4, -0.2) is 52.2 Å². The van der Waals surface area contributed by atoms with Gasteiger partial charge in [-0.2, -0.15) is 0 Å². The van der Waals surface area contributed by atoms with Crippen LogP contribution >= 0.6 is 0 Å². The highest BCUT2D eigenvalue weighted by Gasteiger charge is 2.17. The molecule has 11 heteroatoms. The molecule has 1 aliphatic rings. The van der Waals surface area contributed by atoms with Crippen LogP contribution in [0.1, 0.15) is 11.1 Å². The molecular weight excluding hydrogens is 518 g/mol. The summed E-state index contributed by atoms with van der Waals surface area (Å²) in [7, 11) is 1.70. The van der Waals surface area contributed by atoms with Crippen LogP contribution in [0.3, 0.4) is 0 Å². The van der Waals surface area contributed by atoms with Crippen LogP contribution < -0.4 is 19.5 Å². The second kappa shape index (κ2) is 13.7. The van der Waals surface area contributed by atoms with Gasteiger partial charge >= 0.3 is 11.9 Å². The second-order valence-electron chi connectivity index (χ2n) is 8.56.